The molecule has 0 radical (unpaired) electrons. The molecule has 1 rings (SSSR count). The molecule has 1 aromatic rings. The zero-order chi connectivity index (χ0) is 12.7. The second kappa shape index (κ2) is 8.16. The molecule has 0 amide bonds. The lowest BCUT2D eigenvalue weighted by molar-refractivity contribution is 0.372. The van der Waals surface area contributed by atoms with Gasteiger partial charge in [-0.15, -0.1) is 11.6 Å². The monoisotopic (exact) mass is 316 g/mol. The Bertz CT molecular complexity index is 320. The predicted octanol–water partition coefficient (Wildman–Crippen LogP) is 5.67. The highest BCUT2D eigenvalue weighted by molar-refractivity contribution is 9.10. The molecule has 1 aromatic carbocycles. The highest BCUT2D eigenvalue weighted by Crippen LogP contribution is 2.24. The van der Waals surface area contributed by atoms with Crippen LogP contribution in [0, 0.1) is 11.8 Å². The molecule has 0 bridgehead atoms. The van der Waals surface area contributed by atoms with Crippen molar-refractivity contribution < 1.29 is 0 Å². The van der Waals surface area contributed by atoms with Crippen LogP contribution in [0.2, 0.25) is 0 Å². The molecule has 1 atom stereocenters. The third kappa shape index (κ3) is 5.44. The van der Waals surface area contributed by atoms with Crippen LogP contribution in [0.1, 0.15) is 38.7 Å². The quantitative estimate of drug-likeness (QED) is 0.568. The van der Waals surface area contributed by atoms with Gasteiger partial charge in [0.25, 0.3) is 0 Å². The highest BCUT2D eigenvalue weighted by Gasteiger charge is 2.14. The van der Waals surface area contributed by atoms with Gasteiger partial charge in [-0.25, -0.2) is 0 Å². The first kappa shape index (κ1) is 15.0. The Kier molecular flexibility index (Phi) is 7.22. The smallest absolute Gasteiger partial charge is 0.0255 e. The van der Waals surface area contributed by atoms with E-state index >= 15 is 0 Å². The fourth-order valence-electron chi connectivity index (χ4n) is 2.29. The first-order valence-corrected chi connectivity index (χ1v) is 7.82. The molecule has 1 unspecified atom stereocenters. The van der Waals surface area contributed by atoms with Gasteiger partial charge in [-0.05, 0) is 42.4 Å². The van der Waals surface area contributed by atoms with Crippen molar-refractivity contribution in [2.75, 3.05) is 5.88 Å². The van der Waals surface area contributed by atoms with E-state index < -0.39 is 0 Å². The maximum Gasteiger partial charge on any atom is 0.0255 e. The lowest BCUT2D eigenvalue weighted by Gasteiger charge is -2.20. The molecule has 17 heavy (non-hydrogen) atoms. The maximum atomic E-state index is 6.10. The van der Waals surface area contributed by atoms with Gasteiger partial charge in [0, 0.05) is 10.4 Å². The van der Waals surface area contributed by atoms with Crippen molar-refractivity contribution in [2.24, 2.45) is 11.8 Å². The lowest BCUT2D eigenvalue weighted by Crippen LogP contribution is -2.12. The fraction of sp³-hybridized carbons (Fsp3) is 0.600. The largest absolute Gasteiger partial charge is 0.126 e. The van der Waals surface area contributed by atoms with E-state index in [0.717, 1.165) is 22.7 Å². The molecule has 0 saturated heterocycles. The van der Waals surface area contributed by atoms with Crippen molar-refractivity contribution in [1.82, 2.24) is 0 Å². The number of alkyl halides is 1. The third-order valence-electron chi connectivity index (χ3n) is 3.45. The molecule has 0 aliphatic rings. The maximum absolute atomic E-state index is 6.10. The van der Waals surface area contributed by atoms with Crippen LogP contribution in [0.15, 0.2) is 28.7 Å². The Labute approximate surface area is 119 Å². The Balaban J connectivity index is 2.57. The minimum atomic E-state index is 0.607. The second-order valence-corrected chi connectivity index (χ2v) is 6.00. The van der Waals surface area contributed by atoms with Crippen LogP contribution in [0.4, 0.5) is 0 Å². The van der Waals surface area contributed by atoms with Gasteiger partial charge >= 0.3 is 0 Å². The van der Waals surface area contributed by atoms with E-state index in [9.17, 15) is 0 Å². The summed E-state index contributed by atoms with van der Waals surface area (Å²) in [6, 6.07) is 8.56. The Morgan fingerprint density at radius 3 is 2.41 bits per heavy atom. The topological polar surface area (TPSA) is 0 Å². The van der Waals surface area contributed by atoms with E-state index in [4.69, 9.17) is 11.6 Å². The molecular formula is C15H22BrCl. The molecule has 0 spiro atoms. The van der Waals surface area contributed by atoms with Gasteiger partial charge in [-0.2, -0.15) is 0 Å². The number of halogens is 2. The van der Waals surface area contributed by atoms with Crippen molar-refractivity contribution in [3.8, 4) is 0 Å². The van der Waals surface area contributed by atoms with Crippen LogP contribution in [0.5, 0.6) is 0 Å². The zero-order valence-corrected chi connectivity index (χ0v) is 13.1. The first-order chi connectivity index (χ1) is 8.19. The van der Waals surface area contributed by atoms with Crippen molar-refractivity contribution >= 4 is 27.5 Å². The third-order valence-corrected chi connectivity index (χ3v) is 4.38. The van der Waals surface area contributed by atoms with E-state index in [1.54, 1.807) is 0 Å². The van der Waals surface area contributed by atoms with E-state index in [0.29, 0.717) is 5.92 Å². The summed E-state index contributed by atoms with van der Waals surface area (Å²) in [5, 5.41) is 0. The molecule has 0 aliphatic heterocycles. The van der Waals surface area contributed by atoms with Gasteiger partial charge < -0.3 is 0 Å². The molecule has 0 heterocycles. The normalized spacial score (nSPS) is 13.0. The highest BCUT2D eigenvalue weighted by atomic mass is 79.9. The lowest BCUT2D eigenvalue weighted by atomic mass is 9.88. The summed E-state index contributed by atoms with van der Waals surface area (Å²) in [4.78, 5) is 0. The van der Waals surface area contributed by atoms with E-state index in [1.807, 2.05) is 0 Å². The Hall–Kier alpha value is -0.0100. The second-order valence-electron chi connectivity index (χ2n) is 4.77. The van der Waals surface area contributed by atoms with E-state index in [1.165, 1.54) is 24.8 Å². The van der Waals surface area contributed by atoms with Gasteiger partial charge in [0.15, 0.2) is 0 Å². The standard InChI is InChI=1S/C15H22BrCl/c1-3-12(4-2)8-14(11-17)9-13-6-5-7-15(16)10-13/h5-7,10,12,14H,3-4,8-9,11H2,1-2H3. The van der Waals surface area contributed by atoms with Crippen LogP contribution in [-0.2, 0) is 6.42 Å². The van der Waals surface area contributed by atoms with Gasteiger partial charge in [0.1, 0.15) is 0 Å². The number of hydrogen-bond acceptors (Lipinski definition) is 0. The average molecular weight is 318 g/mol. The summed E-state index contributed by atoms with van der Waals surface area (Å²) in [5.41, 5.74) is 1.39. The molecule has 0 N–H and O–H groups in total. The summed E-state index contributed by atoms with van der Waals surface area (Å²) in [7, 11) is 0. The van der Waals surface area contributed by atoms with Crippen LogP contribution < -0.4 is 0 Å². The predicted molar refractivity (Wildman–Crippen MR) is 80.7 cm³/mol. The average Bonchev–Trinajstić information content (AvgIpc) is 2.34. The molecule has 96 valence electrons. The van der Waals surface area contributed by atoms with Gasteiger partial charge in [0.05, 0.1) is 0 Å². The Morgan fingerprint density at radius 2 is 1.88 bits per heavy atom. The fourth-order valence-corrected chi connectivity index (χ4v) is 2.97. The summed E-state index contributed by atoms with van der Waals surface area (Å²) < 4.78 is 1.16. The number of rotatable bonds is 7. The summed E-state index contributed by atoms with van der Waals surface area (Å²) in [5.74, 6) is 2.20. The minimum Gasteiger partial charge on any atom is -0.126 e. The molecule has 0 fully saturated rings. The Morgan fingerprint density at radius 1 is 1.18 bits per heavy atom. The first-order valence-electron chi connectivity index (χ1n) is 6.49. The number of benzene rings is 1. The van der Waals surface area contributed by atoms with Gasteiger partial charge in [-0.3, -0.25) is 0 Å². The molecule has 2 heteroatoms. The molecule has 0 saturated carbocycles. The minimum absolute atomic E-state index is 0.607. The summed E-state index contributed by atoms with van der Waals surface area (Å²) >= 11 is 9.62. The van der Waals surface area contributed by atoms with Crippen molar-refractivity contribution in [1.29, 1.82) is 0 Å². The van der Waals surface area contributed by atoms with Crippen LogP contribution in [0.25, 0.3) is 0 Å². The van der Waals surface area contributed by atoms with Gasteiger partial charge in [-0.1, -0.05) is 54.8 Å². The van der Waals surface area contributed by atoms with Crippen LogP contribution in [-0.4, -0.2) is 5.88 Å². The van der Waals surface area contributed by atoms with Crippen LogP contribution >= 0.6 is 27.5 Å². The zero-order valence-electron chi connectivity index (χ0n) is 10.8. The van der Waals surface area contributed by atoms with Gasteiger partial charge in [0.2, 0.25) is 0 Å². The molecular weight excluding hydrogens is 296 g/mol. The molecule has 0 nitrogen and oxygen atoms in total. The SMILES string of the molecule is CCC(CC)CC(CCl)Cc1cccc(Br)c1. The number of hydrogen-bond donors (Lipinski definition) is 0. The van der Waals surface area contributed by atoms with Crippen molar-refractivity contribution in [3.63, 3.8) is 0 Å². The van der Waals surface area contributed by atoms with E-state index in [-0.39, 0.29) is 0 Å². The van der Waals surface area contributed by atoms with Crippen molar-refractivity contribution in [3.05, 3.63) is 34.3 Å². The van der Waals surface area contributed by atoms with Crippen LogP contribution in [0.3, 0.4) is 0 Å². The summed E-state index contributed by atoms with van der Waals surface area (Å²) in [6.07, 6.45) is 4.88. The molecule has 0 aromatic heterocycles. The molecule has 0 aliphatic carbocycles. The van der Waals surface area contributed by atoms with E-state index in [2.05, 4.69) is 54.0 Å². The summed E-state index contributed by atoms with van der Waals surface area (Å²) in [6.45, 7) is 4.55. The van der Waals surface area contributed by atoms with Crippen molar-refractivity contribution in [2.45, 2.75) is 39.5 Å².